The van der Waals surface area contributed by atoms with Crippen molar-refractivity contribution in [3.05, 3.63) is 18.0 Å². The van der Waals surface area contributed by atoms with Gasteiger partial charge in [-0.1, -0.05) is 47.5 Å². The van der Waals surface area contributed by atoms with E-state index in [1.807, 2.05) is 12.4 Å². The summed E-state index contributed by atoms with van der Waals surface area (Å²) in [4.78, 5) is 11.6. The predicted octanol–water partition coefficient (Wildman–Crippen LogP) is 4.86. The van der Waals surface area contributed by atoms with Crippen LogP contribution in [0.5, 0.6) is 0 Å². The van der Waals surface area contributed by atoms with Gasteiger partial charge in [0.05, 0.1) is 0 Å². The normalized spacial score (nSPS) is 13.2. The highest BCUT2D eigenvalue weighted by atomic mass is 15.3. The number of anilines is 1. The van der Waals surface area contributed by atoms with Gasteiger partial charge in [-0.2, -0.15) is 0 Å². The molecule has 0 bridgehead atoms. The smallest absolute Gasteiger partial charge is 0.225 e. The van der Waals surface area contributed by atoms with Crippen molar-refractivity contribution in [2.75, 3.05) is 11.4 Å². The Balaban J connectivity index is 2.83. The molecule has 0 aliphatic rings. The van der Waals surface area contributed by atoms with E-state index in [2.05, 4.69) is 56.4 Å². The zero-order chi connectivity index (χ0) is 15.9. The molecule has 120 valence electrons. The van der Waals surface area contributed by atoms with Gasteiger partial charge in [-0.05, 0) is 37.2 Å². The molecule has 0 amide bonds. The van der Waals surface area contributed by atoms with Crippen LogP contribution in [0.15, 0.2) is 12.4 Å². The summed E-state index contributed by atoms with van der Waals surface area (Å²) in [5.41, 5.74) is 1.58. The van der Waals surface area contributed by atoms with Crippen LogP contribution in [0.3, 0.4) is 0 Å². The fraction of sp³-hybridized carbons (Fsp3) is 0.778. The van der Waals surface area contributed by atoms with Crippen molar-refractivity contribution in [3.8, 4) is 0 Å². The first kappa shape index (κ1) is 17.9. The Morgan fingerprint density at radius 1 is 1.10 bits per heavy atom. The van der Waals surface area contributed by atoms with Crippen LogP contribution in [0.4, 0.5) is 5.95 Å². The highest BCUT2D eigenvalue weighted by molar-refractivity contribution is 5.31. The molecule has 0 aliphatic heterocycles. The summed E-state index contributed by atoms with van der Waals surface area (Å²) >= 11 is 0. The molecule has 3 nitrogen and oxygen atoms in total. The minimum atomic E-state index is 0.340. The fourth-order valence-corrected chi connectivity index (χ4v) is 2.46. The van der Waals surface area contributed by atoms with Crippen LogP contribution in [-0.2, 0) is 6.42 Å². The summed E-state index contributed by atoms with van der Waals surface area (Å²) in [6.45, 7) is 14.6. The summed E-state index contributed by atoms with van der Waals surface area (Å²) in [5, 5.41) is 0. The van der Waals surface area contributed by atoms with Crippen molar-refractivity contribution in [1.29, 1.82) is 0 Å². The average molecular weight is 291 g/mol. The van der Waals surface area contributed by atoms with Gasteiger partial charge in [-0.3, -0.25) is 0 Å². The van der Waals surface area contributed by atoms with E-state index >= 15 is 0 Å². The van der Waals surface area contributed by atoms with E-state index < -0.39 is 0 Å². The van der Waals surface area contributed by atoms with E-state index in [1.165, 1.54) is 18.4 Å². The van der Waals surface area contributed by atoms with Gasteiger partial charge < -0.3 is 4.90 Å². The summed E-state index contributed by atoms with van der Waals surface area (Å²) in [5.74, 6) is 0.889. The topological polar surface area (TPSA) is 29.0 Å². The van der Waals surface area contributed by atoms with Crippen LogP contribution in [0.1, 0.15) is 72.8 Å². The molecule has 0 fully saturated rings. The molecule has 1 rings (SSSR count). The van der Waals surface area contributed by atoms with Gasteiger partial charge in [0.25, 0.3) is 0 Å². The van der Waals surface area contributed by atoms with Crippen molar-refractivity contribution in [3.63, 3.8) is 0 Å². The van der Waals surface area contributed by atoms with E-state index in [0.717, 1.165) is 31.8 Å². The second-order valence-corrected chi connectivity index (χ2v) is 7.28. The zero-order valence-corrected chi connectivity index (χ0v) is 14.8. The predicted molar refractivity (Wildman–Crippen MR) is 91.8 cm³/mol. The fourth-order valence-electron chi connectivity index (χ4n) is 2.46. The molecule has 0 aliphatic carbocycles. The first-order valence-electron chi connectivity index (χ1n) is 8.45. The minimum Gasteiger partial charge on any atom is -0.338 e. The van der Waals surface area contributed by atoms with Crippen LogP contribution in [0, 0.1) is 5.41 Å². The number of aryl methyl sites for hydroxylation is 1. The first-order valence-corrected chi connectivity index (χ1v) is 8.45. The minimum absolute atomic E-state index is 0.340. The van der Waals surface area contributed by atoms with Crippen LogP contribution in [0.2, 0.25) is 0 Å². The van der Waals surface area contributed by atoms with E-state index in [-0.39, 0.29) is 0 Å². The van der Waals surface area contributed by atoms with Crippen molar-refractivity contribution in [1.82, 2.24) is 9.97 Å². The Labute approximate surface area is 131 Å². The highest BCUT2D eigenvalue weighted by Crippen LogP contribution is 2.22. The molecule has 1 atom stereocenters. The van der Waals surface area contributed by atoms with Crippen molar-refractivity contribution in [2.45, 2.75) is 79.7 Å². The van der Waals surface area contributed by atoms with Gasteiger partial charge in [-0.15, -0.1) is 0 Å². The van der Waals surface area contributed by atoms with Gasteiger partial charge in [-0.25, -0.2) is 9.97 Å². The Bertz CT molecular complexity index is 392. The molecule has 1 unspecified atom stereocenters. The molecule has 0 N–H and O–H groups in total. The lowest BCUT2D eigenvalue weighted by Gasteiger charge is -2.32. The third kappa shape index (κ3) is 6.45. The van der Waals surface area contributed by atoms with Gasteiger partial charge in [0, 0.05) is 25.0 Å². The van der Waals surface area contributed by atoms with E-state index in [0.29, 0.717) is 11.5 Å². The maximum atomic E-state index is 4.62. The third-order valence-corrected chi connectivity index (χ3v) is 3.83. The van der Waals surface area contributed by atoms with Gasteiger partial charge >= 0.3 is 0 Å². The molecule has 0 saturated heterocycles. The molecular formula is C18H33N3. The molecular weight excluding hydrogens is 258 g/mol. The van der Waals surface area contributed by atoms with Gasteiger partial charge in [0.1, 0.15) is 0 Å². The SMILES string of the molecule is CCCc1cnc(N(CCC(C)(C)C)C(C)CCC)nc1. The first-order chi connectivity index (χ1) is 9.87. The van der Waals surface area contributed by atoms with E-state index in [1.54, 1.807) is 0 Å². The summed E-state index contributed by atoms with van der Waals surface area (Å²) in [7, 11) is 0. The lowest BCUT2D eigenvalue weighted by molar-refractivity contribution is 0.369. The van der Waals surface area contributed by atoms with E-state index in [9.17, 15) is 0 Å². The maximum Gasteiger partial charge on any atom is 0.225 e. The Hall–Kier alpha value is -1.12. The third-order valence-electron chi connectivity index (χ3n) is 3.83. The summed E-state index contributed by atoms with van der Waals surface area (Å²) < 4.78 is 0. The van der Waals surface area contributed by atoms with Gasteiger partial charge in [0.2, 0.25) is 5.95 Å². The number of nitrogens with zero attached hydrogens (tertiary/aromatic N) is 3. The monoisotopic (exact) mass is 291 g/mol. The van der Waals surface area contributed by atoms with Crippen LogP contribution < -0.4 is 4.90 Å². The standard InChI is InChI=1S/C18H33N3/c1-7-9-15(3)21(12-11-18(4,5)6)17-19-13-16(10-8-2)14-20-17/h13-15H,7-12H2,1-6H3. The lowest BCUT2D eigenvalue weighted by atomic mass is 9.92. The maximum absolute atomic E-state index is 4.62. The highest BCUT2D eigenvalue weighted by Gasteiger charge is 2.19. The molecule has 1 aromatic rings. The lowest BCUT2D eigenvalue weighted by Crippen LogP contribution is -2.36. The quantitative estimate of drug-likeness (QED) is 0.685. The molecule has 3 heteroatoms. The molecule has 0 aromatic carbocycles. The number of hydrogen-bond acceptors (Lipinski definition) is 3. The Morgan fingerprint density at radius 2 is 1.71 bits per heavy atom. The van der Waals surface area contributed by atoms with Crippen LogP contribution >= 0.6 is 0 Å². The number of aromatic nitrogens is 2. The molecule has 0 radical (unpaired) electrons. The molecule has 1 aromatic heterocycles. The second kappa shape index (κ2) is 8.35. The zero-order valence-electron chi connectivity index (χ0n) is 14.8. The van der Waals surface area contributed by atoms with Crippen molar-refractivity contribution in [2.24, 2.45) is 5.41 Å². The van der Waals surface area contributed by atoms with Crippen LogP contribution in [-0.4, -0.2) is 22.6 Å². The molecule has 0 spiro atoms. The molecule has 0 saturated carbocycles. The van der Waals surface area contributed by atoms with E-state index in [4.69, 9.17) is 0 Å². The second-order valence-electron chi connectivity index (χ2n) is 7.28. The van der Waals surface area contributed by atoms with Gasteiger partial charge in [0.15, 0.2) is 0 Å². The Morgan fingerprint density at radius 3 is 2.19 bits per heavy atom. The largest absolute Gasteiger partial charge is 0.338 e. The molecule has 21 heavy (non-hydrogen) atoms. The number of rotatable bonds is 8. The average Bonchev–Trinajstić information content (AvgIpc) is 2.40. The summed E-state index contributed by atoms with van der Waals surface area (Å²) in [6, 6.07) is 0.495. The number of hydrogen-bond donors (Lipinski definition) is 0. The van der Waals surface area contributed by atoms with Crippen LogP contribution in [0.25, 0.3) is 0 Å². The molecule has 1 heterocycles. The van der Waals surface area contributed by atoms with Crippen molar-refractivity contribution >= 4 is 5.95 Å². The Kier molecular flexibility index (Phi) is 7.13. The summed E-state index contributed by atoms with van der Waals surface area (Å²) in [6.07, 6.45) is 9.73. The van der Waals surface area contributed by atoms with Crippen molar-refractivity contribution < 1.29 is 0 Å².